The minimum absolute atomic E-state index is 0.587. The summed E-state index contributed by atoms with van der Waals surface area (Å²) >= 11 is 2.54. The van der Waals surface area contributed by atoms with Crippen molar-refractivity contribution in [1.29, 1.82) is 0 Å². The third-order valence-electron chi connectivity index (χ3n) is 2.93. The average Bonchev–Trinajstić information content (AvgIpc) is 2.78. The van der Waals surface area contributed by atoms with Crippen LogP contribution in [0.5, 0.6) is 0 Å². The van der Waals surface area contributed by atoms with Crippen LogP contribution < -0.4 is 0 Å². The lowest BCUT2D eigenvalue weighted by molar-refractivity contribution is 0.0601. The summed E-state index contributed by atoms with van der Waals surface area (Å²) in [6.45, 7) is 1.02. The van der Waals surface area contributed by atoms with Crippen molar-refractivity contribution < 1.29 is 4.74 Å². The summed E-state index contributed by atoms with van der Waals surface area (Å²) in [5, 5.41) is 0. The van der Waals surface area contributed by atoms with E-state index in [1.165, 1.54) is 38.5 Å². The maximum atomic E-state index is 5.86. The molecule has 2 atom stereocenters. The molecule has 0 N–H and O–H groups in total. The summed E-state index contributed by atoms with van der Waals surface area (Å²) in [6, 6.07) is 0. The lowest BCUT2D eigenvalue weighted by Crippen LogP contribution is -2.18. The van der Waals surface area contributed by atoms with Gasteiger partial charge in [0.25, 0.3) is 0 Å². The first-order valence-corrected chi connectivity index (χ1v) is 6.36. The van der Waals surface area contributed by atoms with E-state index >= 15 is 0 Å². The zero-order chi connectivity index (χ0) is 8.39. The molecular weight excluding hydrogens is 263 g/mol. The van der Waals surface area contributed by atoms with Crippen LogP contribution in [0.3, 0.4) is 0 Å². The van der Waals surface area contributed by atoms with Gasteiger partial charge in [-0.2, -0.15) is 0 Å². The van der Waals surface area contributed by atoms with Gasteiger partial charge in [-0.1, -0.05) is 35.4 Å². The fraction of sp³-hybridized carbons (Fsp3) is 1.00. The Bertz CT molecular complexity index is 145. The van der Waals surface area contributed by atoms with Gasteiger partial charge in [-0.15, -0.1) is 0 Å². The van der Waals surface area contributed by atoms with Gasteiger partial charge in [0, 0.05) is 10.5 Å². The van der Waals surface area contributed by atoms with Crippen molar-refractivity contribution >= 4 is 22.6 Å². The molecule has 2 saturated carbocycles. The second-order valence-corrected chi connectivity index (χ2v) is 5.69. The maximum absolute atomic E-state index is 5.86. The van der Waals surface area contributed by atoms with Crippen LogP contribution >= 0.6 is 22.6 Å². The largest absolute Gasteiger partial charge is 0.377 e. The lowest BCUT2D eigenvalue weighted by Gasteiger charge is -2.14. The monoisotopic (exact) mass is 280 g/mol. The van der Waals surface area contributed by atoms with Gasteiger partial charge in [-0.25, -0.2) is 0 Å². The molecule has 2 aliphatic rings. The highest BCUT2D eigenvalue weighted by Gasteiger charge is 2.26. The van der Waals surface area contributed by atoms with Crippen LogP contribution in [0, 0.1) is 5.92 Å². The first-order chi connectivity index (χ1) is 5.86. The molecule has 1 nitrogen and oxygen atoms in total. The quantitative estimate of drug-likeness (QED) is 0.568. The Hall–Kier alpha value is 0.690. The minimum Gasteiger partial charge on any atom is -0.377 e. The molecule has 0 aliphatic heterocycles. The molecule has 70 valence electrons. The highest BCUT2D eigenvalue weighted by molar-refractivity contribution is 14.1. The van der Waals surface area contributed by atoms with Gasteiger partial charge in [0.1, 0.15) is 0 Å². The third-order valence-corrected chi connectivity index (χ3v) is 4.35. The summed E-state index contributed by atoms with van der Waals surface area (Å²) in [5.74, 6) is 1.03. The molecule has 2 fully saturated rings. The fourth-order valence-electron chi connectivity index (χ4n) is 1.86. The molecule has 2 aliphatic carbocycles. The molecule has 2 heteroatoms. The zero-order valence-electron chi connectivity index (χ0n) is 7.47. The molecule has 12 heavy (non-hydrogen) atoms. The van der Waals surface area contributed by atoms with Crippen molar-refractivity contribution in [2.75, 3.05) is 6.61 Å². The van der Waals surface area contributed by atoms with Crippen LogP contribution in [0.15, 0.2) is 0 Å². The van der Waals surface area contributed by atoms with E-state index in [2.05, 4.69) is 22.6 Å². The number of hydrogen-bond acceptors (Lipinski definition) is 1. The highest BCUT2D eigenvalue weighted by Crippen LogP contribution is 2.33. The van der Waals surface area contributed by atoms with Gasteiger partial charge in [0.15, 0.2) is 0 Å². The van der Waals surface area contributed by atoms with E-state index in [1.807, 2.05) is 0 Å². The Morgan fingerprint density at radius 3 is 2.58 bits per heavy atom. The van der Waals surface area contributed by atoms with Crippen LogP contribution in [-0.4, -0.2) is 16.6 Å². The SMILES string of the molecule is IC1CCCC1OCCC1CC1. The van der Waals surface area contributed by atoms with Crippen LogP contribution in [0.4, 0.5) is 0 Å². The van der Waals surface area contributed by atoms with E-state index in [1.54, 1.807) is 0 Å². The van der Waals surface area contributed by atoms with E-state index in [0.29, 0.717) is 6.10 Å². The predicted molar refractivity (Wildman–Crippen MR) is 58.7 cm³/mol. The fourth-order valence-corrected chi connectivity index (χ4v) is 2.87. The number of hydrogen-bond donors (Lipinski definition) is 0. The molecule has 0 heterocycles. The Balaban J connectivity index is 1.58. The van der Waals surface area contributed by atoms with Crippen LogP contribution in [0.25, 0.3) is 0 Å². The number of alkyl halides is 1. The Labute approximate surface area is 88.4 Å². The van der Waals surface area contributed by atoms with Gasteiger partial charge >= 0.3 is 0 Å². The number of ether oxygens (including phenoxy) is 1. The molecule has 2 unspecified atom stereocenters. The molecule has 0 amide bonds. The Morgan fingerprint density at radius 1 is 1.17 bits per heavy atom. The van der Waals surface area contributed by atoms with E-state index in [-0.39, 0.29) is 0 Å². The smallest absolute Gasteiger partial charge is 0.0692 e. The summed E-state index contributed by atoms with van der Waals surface area (Å²) < 4.78 is 6.65. The molecule has 0 aromatic heterocycles. The van der Waals surface area contributed by atoms with E-state index in [0.717, 1.165) is 16.4 Å². The van der Waals surface area contributed by atoms with Gasteiger partial charge < -0.3 is 4.74 Å². The molecule has 0 spiro atoms. The molecule has 0 aromatic rings. The van der Waals surface area contributed by atoms with Crippen molar-refractivity contribution in [3.63, 3.8) is 0 Å². The molecule has 0 aromatic carbocycles. The van der Waals surface area contributed by atoms with Crippen LogP contribution in [0.1, 0.15) is 38.5 Å². The van der Waals surface area contributed by atoms with E-state index in [4.69, 9.17) is 4.74 Å². The third kappa shape index (κ3) is 2.59. The molecule has 0 saturated heterocycles. The number of rotatable bonds is 4. The van der Waals surface area contributed by atoms with Crippen LogP contribution in [-0.2, 0) is 4.74 Å². The van der Waals surface area contributed by atoms with Crippen molar-refractivity contribution in [2.45, 2.75) is 48.6 Å². The molecule has 0 radical (unpaired) electrons. The highest BCUT2D eigenvalue weighted by atomic mass is 127. The summed E-state index contributed by atoms with van der Waals surface area (Å²) in [4.78, 5) is 0. The van der Waals surface area contributed by atoms with Gasteiger partial charge in [-0.05, 0) is 31.6 Å². The first-order valence-electron chi connectivity index (χ1n) is 5.12. The average molecular weight is 280 g/mol. The van der Waals surface area contributed by atoms with E-state index in [9.17, 15) is 0 Å². The van der Waals surface area contributed by atoms with Crippen molar-refractivity contribution in [3.8, 4) is 0 Å². The normalized spacial score (nSPS) is 35.8. The number of halogens is 1. The molecule has 2 rings (SSSR count). The van der Waals surface area contributed by atoms with Gasteiger partial charge in [-0.3, -0.25) is 0 Å². The lowest BCUT2D eigenvalue weighted by atomic mass is 10.3. The standard InChI is InChI=1S/C10H17IO/c11-9-2-1-3-10(9)12-7-6-8-4-5-8/h8-10H,1-7H2. The van der Waals surface area contributed by atoms with Crippen molar-refractivity contribution in [2.24, 2.45) is 5.92 Å². The first kappa shape index (κ1) is 9.25. The van der Waals surface area contributed by atoms with Crippen molar-refractivity contribution in [1.82, 2.24) is 0 Å². The Morgan fingerprint density at radius 2 is 2.00 bits per heavy atom. The Kier molecular flexibility index (Phi) is 3.29. The maximum Gasteiger partial charge on any atom is 0.0692 e. The predicted octanol–water partition coefficient (Wildman–Crippen LogP) is 3.16. The summed E-state index contributed by atoms with van der Waals surface area (Å²) in [5.41, 5.74) is 0. The van der Waals surface area contributed by atoms with E-state index < -0.39 is 0 Å². The minimum atomic E-state index is 0.587. The second-order valence-electron chi connectivity index (χ2n) is 4.09. The zero-order valence-corrected chi connectivity index (χ0v) is 9.63. The second kappa shape index (κ2) is 4.27. The summed E-state index contributed by atoms with van der Waals surface area (Å²) in [6.07, 6.45) is 8.88. The molecular formula is C10H17IO. The topological polar surface area (TPSA) is 9.23 Å². The van der Waals surface area contributed by atoms with Gasteiger partial charge in [0.05, 0.1) is 6.10 Å². The van der Waals surface area contributed by atoms with Gasteiger partial charge in [0.2, 0.25) is 0 Å². The van der Waals surface area contributed by atoms with Crippen molar-refractivity contribution in [3.05, 3.63) is 0 Å². The summed E-state index contributed by atoms with van der Waals surface area (Å²) in [7, 11) is 0. The molecule has 0 bridgehead atoms. The van der Waals surface area contributed by atoms with Crippen LogP contribution in [0.2, 0.25) is 0 Å².